The summed E-state index contributed by atoms with van der Waals surface area (Å²) in [5.74, 6) is 0.806. The van der Waals surface area contributed by atoms with E-state index in [1.807, 2.05) is 55.1 Å². The molecule has 120 valence electrons. The number of urea groups is 1. The molecule has 0 aromatic heterocycles. The number of rotatable bonds is 3. The van der Waals surface area contributed by atoms with Crippen LogP contribution in [0.3, 0.4) is 0 Å². The van der Waals surface area contributed by atoms with E-state index in [1.165, 1.54) is 11.1 Å². The standard InChI is InChI=1S/C19H22N2O2/c1-13-7-6-10-18(15(13)3)23-12-20-19(22)21-14(2)11-16-8-4-5-9-17(16)21/h4-10,14H,11-12H2,1-3H3,(H,20,22). The van der Waals surface area contributed by atoms with Crippen molar-refractivity contribution in [2.75, 3.05) is 11.6 Å². The van der Waals surface area contributed by atoms with E-state index in [0.717, 1.165) is 23.4 Å². The van der Waals surface area contributed by atoms with Crippen LogP contribution in [0, 0.1) is 13.8 Å². The molecule has 23 heavy (non-hydrogen) atoms. The van der Waals surface area contributed by atoms with Crippen LogP contribution in [0.15, 0.2) is 42.5 Å². The van der Waals surface area contributed by atoms with Gasteiger partial charge in [-0.1, -0.05) is 30.3 Å². The van der Waals surface area contributed by atoms with E-state index in [0.29, 0.717) is 0 Å². The van der Waals surface area contributed by atoms with Gasteiger partial charge in [0.05, 0.1) is 0 Å². The molecule has 2 aromatic carbocycles. The molecular weight excluding hydrogens is 288 g/mol. The summed E-state index contributed by atoms with van der Waals surface area (Å²) in [5, 5.41) is 2.86. The van der Waals surface area contributed by atoms with Gasteiger partial charge in [-0.2, -0.15) is 0 Å². The van der Waals surface area contributed by atoms with E-state index in [-0.39, 0.29) is 18.8 Å². The summed E-state index contributed by atoms with van der Waals surface area (Å²) in [4.78, 5) is 14.3. The molecule has 4 nitrogen and oxygen atoms in total. The maximum Gasteiger partial charge on any atom is 0.324 e. The number of anilines is 1. The maximum atomic E-state index is 12.5. The van der Waals surface area contributed by atoms with Gasteiger partial charge >= 0.3 is 6.03 Å². The zero-order valence-electron chi connectivity index (χ0n) is 13.8. The topological polar surface area (TPSA) is 41.6 Å². The third-order valence-electron chi connectivity index (χ3n) is 4.43. The lowest BCUT2D eigenvalue weighted by molar-refractivity contribution is 0.227. The summed E-state index contributed by atoms with van der Waals surface area (Å²) >= 11 is 0. The molecule has 0 fully saturated rings. The summed E-state index contributed by atoms with van der Waals surface area (Å²) in [5.41, 5.74) is 4.48. The van der Waals surface area contributed by atoms with Crippen LogP contribution in [0.5, 0.6) is 5.75 Å². The number of aryl methyl sites for hydroxylation is 1. The Morgan fingerprint density at radius 2 is 2.00 bits per heavy atom. The summed E-state index contributed by atoms with van der Waals surface area (Å²) in [6.45, 7) is 6.29. The minimum Gasteiger partial charge on any atom is -0.473 e. The molecule has 3 rings (SSSR count). The first kappa shape index (κ1) is 15.4. The van der Waals surface area contributed by atoms with Crippen LogP contribution in [-0.4, -0.2) is 18.8 Å². The summed E-state index contributed by atoms with van der Waals surface area (Å²) in [6.07, 6.45) is 0.890. The summed E-state index contributed by atoms with van der Waals surface area (Å²) in [6, 6.07) is 14.0. The van der Waals surface area contributed by atoms with Gasteiger partial charge in [-0.3, -0.25) is 4.90 Å². The second-order valence-corrected chi connectivity index (χ2v) is 6.02. The van der Waals surface area contributed by atoms with Crippen LogP contribution in [-0.2, 0) is 6.42 Å². The Morgan fingerprint density at radius 1 is 1.22 bits per heavy atom. The van der Waals surface area contributed by atoms with Crippen molar-refractivity contribution < 1.29 is 9.53 Å². The van der Waals surface area contributed by atoms with E-state index in [2.05, 4.69) is 18.3 Å². The lowest BCUT2D eigenvalue weighted by Crippen LogP contribution is -2.44. The predicted molar refractivity (Wildman–Crippen MR) is 92.0 cm³/mol. The third kappa shape index (κ3) is 3.02. The van der Waals surface area contributed by atoms with E-state index in [1.54, 1.807) is 0 Å². The van der Waals surface area contributed by atoms with Crippen LogP contribution in [0.25, 0.3) is 0 Å². The molecule has 1 N–H and O–H groups in total. The lowest BCUT2D eigenvalue weighted by atomic mass is 10.1. The number of para-hydroxylation sites is 1. The Balaban J connectivity index is 1.63. The van der Waals surface area contributed by atoms with Crippen LogP contribution >= 0.6 is 0 Å². The molecule has 0 saturated carbocycles. The van der Waals surface area contributed by atoms with Gasteiger partial charge in [-0.25, -0.2) is 4.79 Å². The van der Waals surface area contributed by atoms with Crippen molar-refractivity contribution >= 4 is 11.7 Å². The molecule has 2 aromatic rings. The smallest absolute Gasteiger partial charge is 0.324 e. The van der Waals surface area contributed by atoms with Gasteiger partial charge in [0.25, 0.3) is 0 Å². The Kier molecular flexibility index (Phi) is 4.24. The number of carbonyl (C=O) groups excluding carboxylic acids is 1. The van der Waals surface area contributed by atoms with Crippen molar-refractivity contribution in [3.05, 3.63) is 59.2 Å². The highest BCUT2D eigenvalue weighted by molar-refractivity contribution is 5.94. The fourth-order valence-electron chi connectivity index (χ4n) is 3.02. The van der Waals surface area contributed by atoms with E-state index < -0.39 is 0 Å². The first-order valence-electron chi connectivity index (χ1n) is 7.92. The van der Waals surface area contributed by atoms with Crippen molar-refractivity contribution in [3.63, 3.8) is 0 Å². The minimum atomic E-state index is -0.118. The quantitative estimate of drug-likeness (QED) is 0.876. The highest BCUT2D eigenvalue weighted by atomic mass is 16.5. The zero-order valence-corrected chi connectivity index (χ0v) is 13.8. The van der Waals surface area contributed by atoms with Gasteiger partial charge in [0, 0.05) is 11.7 Å². The van der Waals surface area contributed by atoms with Gasteiger partial charge in [0.15, 0.2) is 6.73 Å². The SMILES string of the molecule is Cc1cccc(OCNC(=O)N2c3ccccc3CC2C)c1C. The number of carbonyl (C=O) groups is 1. The minimum absolute atomic E-state index is 0.118. The average Bonchev–Trinajstić information content (AvgIpc) is 2.87. The van der Waals surface area contributed by atoms with E-state index in [4.69, 9.17) is 4.74 Å². The largest absolute Gasteiger partial charge is 0.473 e. The lowest BCUT2D eigenvalue weighted by Gasteiger charge is -2.23. The van der Waals surface area contributed by atoms with Crippen molar-refractivity contribution in [2.24, 2.45) is 0 Å². The molecule has 2 amide bonds. The Morgan fingerprint density at radius 3 is 2.83 bits per heavy atom. The van der Waals surface area contributed by atoms with E-state index >= 15 is 0 Å². The fourth-order valence-corrected chi connectivity index (χ4v) is 3.02. The highest BCUT2D eigenvalue weighted by Gasteiger charge is 2.30. The van der Waals surface area contributed by atoms with Crippen molar-refractivity contribution in [1.29, 1.82) is 0 Å². The Labute approximate surface area is 137 Å². The number of nitrogens with zero attached hydrogens (tertiary/aromatic N) is 1. The van der Waals surface area contributed by atoms with Crippen LogP contribution in [0.4, 0.5) is 10.5 Å². The zero-order chi connectivity index (χ0) is 16.4. The van der Waals surface area contributed by atoms with Crippen LogP contribution in [0.2, 0.25) is 0 Å². The molecule has 4 heteroatoms. The third-order valence-corrected chi connectivity index (χ3v) is 4.43. The normalized spacial score (nSPS) is 16.1. The number of nitrogens with one attached hydrogen (secondary N) is 1. The first-order valence-corrected chi connectivity index (χ1v) is 7.92. The number of benzene rings is 2. The van der Waals surface area contributed by atoms with Crippen LogP contribution in [0.1, 0.15) is 23.6 Å². The van der Waals surface area contributed by atoms with E-state index in [9.17, 15) is 4.79 Å². The fraction of sp³-hybridized carbons (Fsp3) is 0.316. The van der Waals surface area contributed by atoms with Gasteiger partial charge < -0.3 is 10.1 Å². The molecule has 0 bridgehead atoms. The molecular formula is C19H22N2O2. The summed E-state index contributed by atoms with van der Waals surface area (Å²) < 4.78 is 5.71. The summed E-state index contributed by atoms with van der Waals surface area (Å²) in [7, 11) is 0. The van der Waals surface area contributed by atoms with Gasteiger partial charge in [0.2, 0.25) is 0 Å². The number of hydrogen-bond donors (Lipinski definition) is 1. The van der Waals surface area contributed by atoms with Gasteiger partial charge in [0.1, 0.15) is 5.75 Å². The highest BCUT2D eigenvalue weighted by Crippen LogP contribution is 2.31. The molecule has 0 radical (unpaired) electrons. The number of hydrogen-bond acceptors (Lipinski definition) is 2. The second kappa shape index (κ2) is 6.32. The first-order chi connectivity index (χ1) is 11.1. The molecule has 1 heterocycles. The average molecular weight is 310 g/mol. The molecule has 1 unspecified atom stereocenters. The van der Waals surface area contributed by atoms with Crippen molar-refractivity contribution in [1.82, 2.24) is 5.32 Å². The molecule has 1 aliphatic heterocycles. The van der Waals surface area contributed by atoms with Gasteiger partial charge in [-0.15, -0.1) is 0 Å². The molecule has 0 spiro atoms. The van der Waals surface area contributed by atoms with Crippen LogP contribution < -0.4 is 15.0 Å². The van der Waals surface area contributed by atoms with Crippen molar-refractivity contribution in [2.45, 2.75) is 33.2 Å². The number of fused-ring (bicyclic) bond motifs is 1. The molecule has 1 atom stereocenters. The molecule has 1 aliphatic rings. The predicted octanol–water partition coefficient (Wildman–Crippen LogP) is 3.80. The van der Waals surface area contributed by atoms with Gasteiger partial charge in [-0.05, 0) is 56.0 Å². The Hall–Kier alpha value is -2.49. The molecule has 0 aliphatic carbocycles. The second-order valence-electron chi connectivity index (χ2n) is 6.02. The maximum absolute atomic E-state index is 12.5. The van der Waals surface area contributed by atoms with Crippen molar-refractivity contribution in [3.8, 4) is 5.75 Å². The Bertz CT molecular complexity index is 727. The number of amides is 2. The molecule has 0 saturated heterocycles. The number of ether oxygens (including phenoxy) is 1. The monoisotopic (exact) mass is 310 g/mol.